The van der Waals surface area contributed by atoms with E-state index in [4.69, 9.17) is 14.7 Å². The number of hydrogen-bond acceptors (Lipinski definition) is 5. The maximum Gasteiger partial charge on any atom is 0.264 e. The van der Waals surface area contributed by atoms with Crippen molar-refractivity contribution in [1.82, 2.24) is 14.9 Å². The molecule has 2 aromatic heterocycles. The van der Waals surface area contributed by atoms with Crippen LogP contribution in [0.4, 0.5) is 0 Å². The molecule has 2 aromatic rings. The second-order valence-corrected chi connectivity index (χ2v) is 9.09. The van der Waals surface area contributed by atoms with Gasteiger partial charge in [0.25, 0.3) is 5.91 Å². The normalized spacial score (nSPS) is 21.8. The standard InChI is InChI=1S/C19H27N3O2S/c1-10-8-22(9-11(2)24-10)17(23)15-12(3)14-13(4)20-18(19(5,6)7)21-16(14)25-15/h10-11H,8-9H2,1-7H3/t10-,11-/m1/s1. The molecule has 136 valence electrons. The maximum atomic E-state index is 13.1. The third-order valence-electron chi connectivity index (χ3n) is 4.54. The van der Waals surface area contributed by atoms with E-state index in [1.54, 1.807) is 0 Å². The summed E-state index contributed by atoms with van der Waals surface area (Å²) >= 11 is 1.49. The Bertz CT molecular complexity index is 812. The first-order chi connectivity index (χ1) is 11.6. The van der Waals surface area contributed by atoms with E-state index in [9.17, 15) is 4.79 Å². The fourth-order valence-electron chi connectivity index (χ4n) is 3.37. The van der Waals surface area contributed by atoms with Crippen molar-refractivity contribution in [2.45, 2.75) is 66.1 Å². The second kappa shape index (κ2) is 6.32. The van der Waals surface area contributed by atoms with Crippen molar-refractivity contribution < 1.29 is 9.53 Å². The monoisotopic (exact) mass is 361 g/mol. The number of fused-ring (bicyclic) bond motifs is 1. The van der Waals surface area contributed by atoms with Crippen molar-refractivity contribution in [1.29, 1.82) is 0 Å². The Morgan fingerprint density at radius 2 is 1.76 bits per heavy atom. The molecule has 0 aromatic carbocycles. The van der Waals surface area contributed by atoms with Crippen LogP contribution in [0, 0.1) is 13.8 Å². The van der Waals surface area contributed by atoms with Gasteiger partial charge in [0, 0.05) is 23.9 Å². The number of ether oxygens (including phenoxy) is 1. The lowest BCUT2D eigenvalue weighted by atomic mass is 9.95. The van der Waals surface area contributed by atoms with E-state index < -0.39 is 0 Å². The molecule has 1 amide bonds. The van der Waals surface area contributed by atoms with Crippen molar-refractivity contribution in [3.63, 3.8) is 0 Å². The zero-order valence-electron chi connectivity index (χ0n) is 16.1. The summed E-state index contributed by atoms with van der Waals surface area (Å²) in [6.07, 6.45) is 0.132. The van der Waals surface area contributed by atoms with Gasteiger partial charge in [-0.25, -0.2) is 9.97 Å². The molecule has 3 rings (SSSR count). The van der Waals surface area contributed by atoms with E-state index >= 15 is 0 Å². The minimum absolute atomic E-state index is 0.0661. The summed E-state index contributed by atoms with van der Waals surface area (Å²) < 4.78 is 5.75. The summed E-state index contributed by atoms with van der Waals surface area (Å²) in [5.74, 6) is 0.908. The number of amides is 1. The highest BCUT2D eigenvalue weighted by Gasteiger charge is 2.30. The molecule has 6 heteroatoms. The molecule has 0 spiro atoms. The van der Waals surface area contributed by atoms with Crippen molar-refractivity contribution >= 4 is 27.5 Å². The smallest absolute Gasteiger partial charge is 0.264 e. The first kappa shape index (κ1) is 18.3. The molecular formula is C19H27N3O2S. The number of nitrogens with zero attached hydrogens (tertiary/aromatic N) is 3. The Kier molecular flexibility index (Phi) is 4.62. The van der Waals surface area contributed by atoms with Crippen LogP contribution in [0.3, 0.4) is 0 Å². The van der Waals surface area contributed by atoms with E-state index in [2.05, 4.69) is 20.8 Å². The molecule has 1 saturated heterocycles. The molecule has 0 radical (unpaired) electrons. The summed E-state index contributed by atoms with van der Waals surface area (Å²) in [6.45, 7) is 15.6. The lowest BCUT2D eigenvalue weighted by Crippen LogP contribution is -2.48. The Labute approximate surface area is 153 Å². The second-order valence-electron chi connectivity index (χ2n) is 8.09. The topological polar surface area (TPSA) is 55.3 Å². The highest BCUT2D eigenvalue weighted by atomic mass is 32.1. The van der Waals surface area contributed by atoms with Gasteiger partial charge in [-0.3, -0.25) is 4.79 Å². The summed E-state index contributed by atoms with van der Waals surface area (Å²) in [4.78, 5) is 26.2. The average Bonchev–Trinajstić information content (AvgIpc) is 2.82. The molecule has 1 aliphatic rings. The first-order valence-corrected chi connectivity index (χ1v) is 9.62. The Morgan fingerprint density at radius 1 is 1.16 bits per heavy atom. The van der Waals surface area contributed by atoms with Crippen molar-refractivity contribution in [2.75, 3.05) is 13.1 Å². The number of carbonyl (C=O) groups excluding carboxylic acids is 1. The van der Waals surface area contributed by atoms with Crippen LogP contribution < -0.4 is 0 Å². The zero-order valence-corrected chi connectivity index (χ0v) is 17.0. The van der Waals surface area contributed by atoms with Crippen LogP contribution in [-0.2, 0) is 10.2 Å². The Balaban J connectivity index is 2.04. The van der Waals surface area contributed by atoms with Crippen molar-refractivity contribution in [3.05, 3.63) is 22.0 Å². The van der Waals surface area contributed by atoms with E-state index in [0.717, 1.165) is 32.2 Å². The van der Waals surface area contributed by atoms with Gasteiger partial charge in [-0.1, -0.05) is 20.8 Å². The number of aryl methyl sites for hydroxylation is 2. The quantitative estimate of drug-likeness (QED) is 0.774. The average molecular weight is 362 g/mol. The van der Waals surface area contributed by atoms with Gasteiger partial charge >= 0.3 is 0 Å². The van der Waals surface area contributed by atoms with Crippen LogP contribution in [0.5, 0.6) is 0 Å². The molecule has 1 aliphatic heterocycles. The fraction of sp³-hybridized carbons (Fsp3) is 0.632. The van der Waals surface area contributed by atoms with Gasteiger partial charge in [-0.2, -0.15) is 0 Å². The van der Waals surface area contributed by atoms with Crippen LogP contribution in [-0.4, -0.2) is 46.1 Å². The summed E-state index contributed by atoms with van der Waals surface area (Å²) in [7, 11) is 0. The molecule has 0 N–H and O–H groups in total. The van der Waals surface area contributed by atoms with Crippen molar-refractivity contribution in [2.24, 2.45) is 0 Å². The number of aromatic nitrogens is 2. The highest BCUT2D eigenvalue weighted by Crippen LogP contribution is 2.34. The van der Waals surface area contributed by atoms with Crippen LogP contribution in [0.1, 0.15) is 61.4 Å². The predicted octanol–water partition coefficient (Wildman–Crippen LogP) is 3.86. The van der Waals surface area contributed by atoms with Gasteiger partial charge in [0.2, 0.25) is 0 Å². The molecule has 0 aliphatic carbocycles. The van der Waals surface area contributed by atoms with E-state index in [1.165, 1.54) is 11.3 Å². The number of rotatable bonds is 1. The molecule has 0 saturated carbocycles. The van der Waals surface area contributed by atoms with Gasteiger partial charge in [-0.05, 0) is 33.3 Å². The van der Waals surface area contributed by atoms with Gasteiger partial charge in [0.05, 0.1) is 22.8 Å². The first-order valence-electron chi connectivity index (χ1n) is 8.81. The number of carbonyl (C=O) groups is 1. The highest BCUT2D eigenvalue weighted by molar-refractivity contribution is 7.20. The number of thiophene rings is 1. The largest absolute Gasteiger partial charge is 0.372 e. The van der Waals surface area contributed by atoms with Crippen LogP contribution in [0.2, 0.25) is 0 Å². The molecule has 2 atom stereocenters. The third kappa shape index (κ3) is 3.42. The van der Waals surface area contributed by atoms with E-state index in [-0.39, 0.29) is 23.5 Å². The van der Waals surface area contributed by atoms with Gasteiger partial charge < -0.3 is 9.64 Å². The molecular weight excluding hydrogens is 334 g/mol. The molecule has 3 heterocycles. The maximum absolute atomic E-state index is 13.1. The molecule has 0 bridgehead atoms. The van der Waals surface area contributed by atoms with Gasteiger partial charge in [-0.15, -0.1) is 11.3 Å². The Morgan fingerprint density at radius 3 is 2.32 bits per heavy atom. The van der Waals surface area contributed by atoms with E-state index in [1.807, 2.05) is 32.6 Å². The molecule has 0 unspecified atom stereocenters. The molecule has 1 fully saturated rings. The van der Waals surface area contributed by atoms with E-state index in [0.29, 0.717) is 13.1 Å². The Hall–Kier alpha value is -1.53. The van der Waals surface area contributed by atoms with Gasteiger partial charge in [0.15, 0.2) is 0 Å². The van der Waals surface area contributed by atoms with Crippen LogP contribution in [0.15, 0.2) is 0 Å². The minimum Gasteiger partial charge on any atom is -0.372 e. The number of hydrogen-bond donors (Lipinski definition) is 0. The lowest BCUT2D eigenvalue weighted by molar-refractivity contribution is -0.0585. The van der Waals surface area contributed by atoms with Crippen LogP contribution in [0.25, 0.3) is 10.2 Å². The molecule has 25 heavy (non-hydrogen) atoms. The molecule has 5 nitrogen and oxygen atoms in total. The lowest BCUT2D eigenvalue weighted by Gasteiger charge is -2.35. The third-order valence-corrected chi connectivity index (χ3v) is 5.72. The van der Waals surface area contributed by atoms with Crippen molar-refractivity contribution in [3.8, 4) is 0 Å². The SMILES string of the molecule is Cc1nc(C(C)(C)C)nc2sc(C(=O)N3C[C@@H](C)O[C@H](C)C3)c(C)c12. The summed E-state index contributed by atoms with van der Waals surface area (Å²) in [5.41, 5.74) is 1.83. The summed E-state index contributed by atoms with van der Waals surface area (Å²) in [6, 6.07) is 0. The zero-order chi connectivity index (χ0) is 18.5. The fourth-order valence-corrected chi connectivity index (χ4v) is 4.57. The van der Waals surface area contributed by atoms with Crippen LogP contribution >= 0.6 is 11.3 Å². The summed E-state index contributed by atoms with van der Waals surface area (Å²) in [5, 5.41) is 1.02. The predicted molar refractivity (Wildman–Crippen MR) is 102 cm³/mol. The minimum atomic E-state index is -0.115. The van der Waals surface area contributed by atoms with Gasteiger partial charge in [0.1, 0.15) is 10.7 Å². The number of morpholine rings is 1.